The minimum atomic E-state index is -0.664. The van der Waals surface area contributed by atoms with Crippen LogP contribution in [0.4, 0.5) is 0 Å². The Morgan fingerprint density at radius 2 is 1.66 bits per heavy atom. The number of carbonyl (C=O) groups excluding carboxylic acids is 2. The fraction of sp³-hybridized carbons (Fsp3) is 0.481. The number of amides is 2. The molecule has 0 aromatic heterocycles. The highest BCUT2D eigenvalue weighted by Crippen LogP contribution is 2.29. The first-order valence-corrected chi connectivity index (χ1v) is 12.9. The normalized spacial score (nSPS) is 12.5. The highest BCUT2D eigenvalue weighted by molar-refractivity contribution is 6.35. The van der Waals surface area contributed by atoms with Crippen LogP contribution in [0.15, 0.2) is 36.4 Å². The molecular formula is C27H36Cl2N2O4. The molecule has 0 unspecified atom stereocenters. The molecule has 2 aromatic rings. The van der Waals surface area contributed by atoms with Gasteiger partial charge in [0.25, 0.3) is 0 Å². The molecule has 2 atom stereocenters. The number of rotatable bonds is 13. The van der Waals surface area contributed by atoms with Crippen molar-refractivity contribution in [1.29, 1.82) is 0 Å². The van der Waals surface area contributed by atoms with Crippen LogP contribution in [0.5, 0.6) is 11.5 Å². The lowest BCUT2D eigenvalue weighted by molar-refractivity contribution is -0.140. The van der Waals surface area contributed by atoms with Crippen LogP contribution in [-0.4, -0.2) is 42.0 Å². The Balaban J connectivity index is 2.22. The van der Waals surface area contributed by atoms with E-state index in [2.05, 4.69) is 5.32 Å². The van der Waals surface area contributed by atoms with E-state index in [1.165, 1.54) is 0 Å². The average molecular weight is 524 g/mol. The van der Waals surface area contributed by atoms with Crippen LogP contribution in [0.1, 0.15) is 58.6 Å². The zero-order valence-electron chi connectivity index (χ0n) is 21.2. The summed E-state index contributed by atoms with van der Waals surface area (Å²) in [4.78, 5) is 27.9. The van der Waals surface area contributed by atoms with Crippen LogP contribution >= 0.6 is 23.2 Å². The van der Waals surface area contributed by atoms with Crippen molar-refractivity contribution >= 4 is 35.0 Å². The van der Waals surface area contributed by atoms with Crippen LogP contribution in [0, 0.1) is 0 Å². The van der Waals surface area contributed by atoms with Crippen molar-refractivity contribution < 1.29 is 19.1 Å². The lowest BCUT2D eigenvalue weighted by Crippen LogP contribution is -2.49. The molecule has 0 spiro atoms. The molecule has 0 heterocycles. The van der Waals surface area contributed by atoms with Gasteiger partial charge in [0.05, 0.1) is 13.2 Å². The third kappa shape index (κ3) is 8.62. The van der Waals surface area contributed by atoms with E-state index in [1.54, 1.807) is 30.0 Å². The molecule has 8 heteroatoms. The molecule has 0 bridgehead atoms. The van der Waals surface area contributed by atoms with Crippen molar-refractivity contribution in [3.63, 3.8) is 0 Å². The number of ether oxygens (including phenoxy) is 2. The molecule has 2 aromatic carbocycles. The third-order valence-corrected chi connectivity index (χ3v) is 6.35. The molecule has 0 saturated carbocycles. The second-order valence-corrected chi connectivity index (χ2v) is 9.24. The van der Waals surface area contributed by atoms with E-state index < -0.39 is 6.04 Å². The number of aryl methyl sites for hydroxylation is 1. The summed E-state index contributed by atoms with van der Waals surface area (Å²) in [6.07, 6.45) is 1.52. The van der Waals surface area contributed by atoms with E-state index in [0.717, 1.165) is 17.5 Å². The topological polar surface area (TPSA) is 67.9 Å². The van der Waals surface area contributed by atoms with Crippen LogP contribution < -0.4 is 14.8 Å². The van der Waals surface area contributed by atoms with Gasteiger partial charge in [-0.25, -0.2) is 0 Å². The Hall–Kier alpha value is -2.44. The van der Waals surface area contributed by atoms with E-state index in [4.69, 9.17) is 32.7 Å². The van der Waals surface area contributed by atoms with Crippen molar-refractivity contribution in [2.45, 2.75) is 72.5 Å². The van der Waals surface area contributed by atoms with Crippen molar-refractivity contribution in [3.05, 3.63) is 57.6 Å². The summed E-state index contributed by atoms with van der Waals surface area (Å²) in [6.45, 7) is 10.8. The van der Waals surface area contributed by atoms with Gasteiger partial charge in [-0.15, -0.1) is 0 Å². The fourth-order valence-corrected chi connectivity index (χ4v) is 4.00. The van der Waals surface area contributed by atoms with Crippen LogP contribution in [-0.2, 0) is 22.6 Å². The summed E-state index contributed by atoms with van der Waals surface area (Å²) < 4.78 is 11.3. The molecule has 6 nitrogen and oxygen atoms in total. The Morgan fingerprint density at radius 1 is 0.971 bits per heavy atom. The SMILES string of the molecule is CCOc1ccc(CCC(=O)N(Cc2ccc(Cl)cc2Cl)[C@H](C)C(=O)N[C@H](C)CC)cc1OCC. The predicted octanol–water partition coefficient (Wildman–Crippen LogP) is 6.06. The first-order valence-electron chi connectivity index (χ1n) is 12.1. The van der Waals surface area contributed by atoms with Gasteiger partial charge in [0.1, 0.15) is 6.04 Å². The second kappa shape index (κ2) is 14.2. The number of carbonyl (C=O) groups is 2. The number of benzene rings is 2. The molecule has 2 rings (SSSR count). The number of hydrogen-bond acceptors (Lipinski definition) is 4. The minimum absolute atomic E-state index is 0.0156. The van der Waals surface area contributed by atoms with Gasteiger partial charge in [0.15, 0.2) is 11.5 Å². The molecule has 0 aliphatic carbocycles. The maximum atomic E-state index is 13.4. The molecule has 35 heavy (non-hydrogen) atoms. The molecule has 0 fully saturated rings. The van der Waals surface area contributed by atoms with E-state index in [-0.39, 0.29) is 30.8 Å². The van der Waals surface area contributed by atoms with Crippen molar-refractivity contribution in [2.75, 3.05) is 13.2 Å². The maximum absolute atomic E-state index is 13.4. The van der Waals surface area contributed by atoms with Gasteiger partial charge < -0.3 is 19.7 Å². The van der Waals surface area contributed by atoms with Gasteiger partial charge >= 0.3 is 0 Å². The van der Waals surface area contributed by atoms with Gasteiger partial charge in [0, 0.05) is 29.1 Å². The summed E-state index contributed by atoms with van der Waals surface area (Å²) in [5, 5.41) is 3.94. The van der Waals surface area contributed by atoms with Gasteiger partial charge in [0.2, 0.25) is 11.8 Å². The van der Waals surface area contributed by atoms with Gasteiger partial charge in [-0.2, -0.15) is 0 Å². The highest BCUT2D eigenvalue weighted by Gasteiger charge is 2.27. The van der Waals surface area contributed by atoms with Crippen LogP contribution in [0.3, 0.4) is 0 Å². The van der Waals surface area contributed by atoms with Gasteiger partial charge in [-0.1, -0.05) is 42.3 Å². The van der Waals surface area contributed by atoms with E-state index in [0.29, 0.717) is 41.2 Å². The molecule has 0 saturated heterocycles. The third-order valence-electron chi connectivity index (χ3n) is 5.76. The quantitative estimate of drug-likeness (QED) is 0.347. The molecule has 0 radical (unpaired) electrons. The smallest absolute Gasteiger partial charge is 0.242 e. The zero-order valence-corrected chi connectivity index (χ0v) is 22.7. The van der Waals surface area contributed by atoms with Gasteiger partial charge in [-0.3, -0.25) is 9.59 Å². The largest absolute Gasteiger partial charge is 0.490 e. The van der Waals surface area contributed by atoms with E-state index in [9.17, 15) is 9.59 Å². The number of hydrogen-bond donors (Lipinski definition) is 1. The zero-order chi connectivity index (χ0) is 26.0. The first-order chi connectivity index (χ1) is 16.7. The molecule has 0 aliphatic heterocycles. The Kier molecular flexibility index (Phi) is 11.7. The minimum Gasteiger partial charge on any atom is -0.490 e. The molecule has 1 N–H and O–H groups in total. The van der Waals surface area contributed by atoms with Gasteiger partial charge in [-0.05, 0) is 75.9 Å². The van der Waals surface area contributed by atoms with Crippen LogP contribution in [0.2, 0.25) is 10.0 Å². The highest BCUT2D eigenvalue weighted by atomic mass is 35.5. The monoisotopic (exact) mass is 522 g/mol. The van der Waals surface area contributed by atoms with Crippen LogP contribution in [0.25, 0.3) is 0 Å². The lowest BCUT2D eigenvalue weighted by atomic mass is 10.1. The number of halogens is 2. The standard InChI is InChI=1S/C27H36Cl2N2O4/c1-6-18(4)30-27(33)19(5)31(17-21-11-12-22(28)16-23(21)29)26(32)14-10-20-9-13-24(34-7-2)25(15-20)35-8-3/h9,11-13,15-16,18-19H,6-8,10,14,17H2,1-5H3,(H,30,33)/t18-,19-/m1/s1. The average Bonchev–Trinajstić information content (AvgIpc) is 2.83. The summed E-state index contributed by atoms with van der Waals surface area (Å²) >= 11 is 12.4. The number of nitrogens with one attached hydrogen (secondary N) is 1. The molecule has 0 aliphatic rings. The Bertz CT molecular complexity index is 999. The van der Waals surface area contributed by atoms with Crippen molar-refractivity contribution in [1.82, 2.24) is 10.2 Å². The summed E-state index contributed by atoms with van der Waals surface area (Å²) in [5.74, 6) is 0.997. The Morgan fingerprint density at radius 3 is 2.29 bits per heavy atom. The molecular weight excluding hydrogens is 487 g/mol. The lowest BCUT2D eigenvalue weighted by Gasteiger charge is -2.30. The predicted molar refractivity (Wildman–Crippen MR) is 141 cm³/mol. The van der Waals surface area contributed by atoms with E-state index >= 15 is 0 Å². The van der Waals surface area contributed by atoms with E-state index in [1.807, 2.05) is 45.9 Å². The summed E-state index contributed by atoms with van der Waals surface area (Å²) in [6, 6.07) is 10.2. The molecule has 2 amide bonds. The fourth-order valence-electron chi connectivity index (χ4n) is 3.53. The van der Waals surface area contributed by atoms with Crippen molar-refractivity contribution in [3.8, 4) is 11.5 Å². The summed E-state index contributed by atoms with van der Waals surface area (Å²) in [7, 11) is 0. The second-order valence-electron chi connectivity index (χ2n) is 8.40. The first kappa shape index (κ1) is 28.8. The summed E-state index contributed by atoms with van der Waals surface area (Å²) in [5.41, 5.74) is 1.68. The molecule has 192 valence electrons. The Labute approximate surface area is 218 Å². The maximum Gasteiger partial charge on any atom is 0.242 e. The van der Waals surface area contributed by atoms with Crippen molar-refractivity contribution in [2.24, 2.45) is 0 Å². The number of nitrogens with zero attached hydrogens (tertiary/aromatic N) is 1.